The quantitative estimate of drug-likeness (QED) is 0.599. The third kappa shape index (κ3) is 2.01. The molecule has 2 heteroatoms. The van der Waals surface area contributed by atoms with Gasteiger partial charge in [0.25, 0.3) is 0 Å². The van der Waals surface area contributed by atoms with E-state index in [0.717, 1.165) is 12.1 Å². The van der Waals surface area contributed by atoms with Gasteiger partial charge in [-0.25, -0.2) is 0 Å². The number of Topliss-reactive ketones (excluding diaryl/α,β-unsaturated/α-hetero) is 1. The van der Waals surface area contributed by atoms with Crippen LogP contribution in [0.1, 0.15) is 29.6 Å². The molecular formula is C16H19NO. The topological polar surface area (TPSA) is 20.3 Å². The van der Waals surface area contributed by atoms with Gasteiger partial charge in [0, 0.05) is 30.5 Å². The minimum absolute atomic E-state index is 0.260. The van der Waals surface area contributed by atoms with Gasteiger partial charge in [-0.15, -0.1) is 0 Å². The first kappa shape index (κ1) is 11.7. The zero-order valence-corrected chi connectivity index (χ0v) is 10.6. The fourth-order valence-corrected chi connectivity index (χ4v) is 3.38. The molecule has 2 heterocycles. The van der Waals surface area contributed by atoms with E-state index in [4.69, 9.17) is 0 Å². The Balaban J connectivity index is 1.73. The summed E-state index contributed by atoms with van der Waals surface area (Å²) in [7, 11) is 0. The summed E-state index contributed by atoms with van der Waals surface area (Å²) in [6.45, 7) is 6.35. The zero-order valence-electron chi connectivity index (χ0n) is 10.6. The molecular weight excluding hydrogens is 222 g/mol. The molecule has 0 radical (unpaired) electrons. The lowest BCUT2D eigenvalue weighted by Gasteiger charge is -2.19. The maximum atomic E-state index is 12.3. The van der Waals surface area contributed by atoms with Crippen molar-refractivity contribution in [2.24, 2.45) is 5.92 Å². The number of hydrogen-bond donors (Lipinski definition) is 0. The summed E-state index contributed by atoms with van der Waals surface area (Å²) in [5, 5.41) is 0. The molecule has 0 bridgehead atoms. The predicted molar refractivity (Wildman–Crippen MR) is 72.6 cm³/mol. The molecule has 2 saturated heterocycles. The van der Waals surface area contributed by atoms with Crippen molar-refractivity contribution in [3.63, 3.8) is 0 Å². The molecule has 18 heavy (non-hydrogen) atoms. The van der Waals surface area contributed by atoms with E-state index in [2.05, 4.69) is 11.5 Å². The van der Waals surface area contributed by atoms with Crippen LogP contribution in [0, 0.1) is 5.92 Å². The molecule has 1 aromatic rings. The van der Waals surface area contributed by atoms with Crippen molar-refractivity contribution < 1.29 is 4.79 Å². The van der Waals surface area contributed by atoms with Gasteiger partial charge in [0.2, 0.25) is 0 Å². The summed E-state index contributed by atoms with van der Waals surface area (Å²) in [6, 6.07) is 10.2. The molecule has 0 N–H and O–H groups in total. The predicted octanol–water partition coefficient (Wildman–Crippen LogP) is 2.91. The summed E-state index contributed by atoms with van der Waals surface area (Å²) >= 11 is 0. The van der Waals surface area contributed by atoms with Crippen molar-refractivity contribution in [2.75, 3.05) is 13.1 Å². The van der Waals surface area contributed by atoms with E-state index in [1.54, 1.807) is 0 Å². The molecule has 94 valence electrons. The van der Waals surface area contributed by atoms with Crippen LogP contribution < -0.4 is 0 Å². The third-order valence-corrected chi connectivity index (χ3v) is 4.31. The van der Waals surface area contributed by atoms with Crippen molar-refractivity contribution in [1.29, 1.82) is 0 Å². The van der Waals surface area contributed by atoms with Gasteiger partial charge < -0.3 is 0 Å². The standard InChI is InChI=1S/C16H19NO/c1-12-11-17-9-5-8-15(17)14(12)10-16(18)13-6-3-2-4-7-13/h2-4,6-7,14-15H,1,5,8-11H2/t14-,15+/m1/s1. The fraction of sp³-hybridized carbons (Fsp3) is 0.438. The van der Waals surface area contributed by atoms with Gasteiger partial charge in [0.15, 0.2) is 5.78 Å². The van der Waals surface area contributed by atoms with E-state index >= 15 is 0 Å². The van der Waals surface area contributed by atoms with Crippen LogP contribution in [-0.2, 0) is 0 Å². The smallest absolute Gasteiger partial charge is 0.163 e. The van der Waals surface area contributed by atoms with Gasteiger partial charge in [-0.05, 0) is 19.4 Å². The molecule has 2 aliphatic rings. The second-order valence-electron chi connectivity index (χ2n) is 5.44. The first-order chi connectivity index (χ1) is 8.75. The summed E-state index contributed by atoms with van der Waals surface area (Å²) < 4.78 is 0. The van der Waals surface area contributed by atoms with Gasteiger partial charge >= 0.3 is 0 Å². The normalized spacial score (nSPS) is 27.4. The van der Waals surface area contributed by atoms with Crippen LogP contribution in [0.4, 0.5) is 0 Å². The molecule has 0 aromatic heterocycles. The second-order valence-corrected chi connectivity index (χ2v) is 5.44. The van der Waals surface area contributed by atoms with Gasteiger partial charge in [0.1, 0.15) is 0 Å². The Morgan fingerprint density at radius 2 is 2.11 bits per heavy atom. The number of rotatable bonds is 3. The average molecular weight is 241 g/mol. The number of carbonyl (C=O) groups is 1. The average Bonchev–Trinajstić information content (AvgIpc) is 2.94. The van der Waals surface area contributed by atoms with Crippen LogP contribution in [0.25, 0.3) is 0 Å². The first-order valence-corrected chi connectivity index (χ1v) is 6.75. The lowest BCUT2D eigenvalue weighted by Crippen LogP contribution is -2.27. The molecule has 0 aliphatic carbocycles. The molecule has 0 unspecified atom stereocenters. The fourth-order valence-electron chi connectivity index (χ4n) is 3.38. The van der Waals surface area contributed by atoms with Crippen molar-refractivity contribution in [1.82, 2.24) is 4.90 Å². The van der Waals surface area contributed by atoms with Crippen molar-refractivity contribution >= 4 is 5.78 Å². The van der Waals surface area contributed by atoms with Crippen LogP contribution >= 0.6 is 0 Å². The number of ketones is 1. The van der Waals surface area contributed by atoms with E-state index in [9.17, 15) is 4.79 Å². The third-order valence-electron chi connectivity index (χ3n) is 4.31. The Morgan fingerprint density at radius 3 is 2.89 bits per heavy atom. The molecule has 2 fully saturated rings. The molecule has 0 spiro atoms. The molecule has 0 amide bonds. The maximum absolute atomic E-state index is 12.3. The van der Waals surface area contributed by atoms with E-state index < -0.39 is 0 Å². The number of fused-ring (bicyclic) bond motifs is 1. The number of hydrogen-bond acceptors (Lipinski definition) is 2. The number of nitrogens with zero attached hydrogens (tertiary/aromatic N) is 1. The largest absolute Gasteiger partial charge is 0.296 e. The Kier molecular flexibility index (Phi) is 3.04. The van der Waals surface area contributed by atoms with E-state index in [1.165, 1.54) is 25.0 Å². The van der Waals surface area contributed by atoms with E-state index in [0.29, 0.717) is 18.4 Å². The Morgan fingerprint density at radius 1 is 1.33 bits per heavy atom. The lowest BCUT2D eigenvalue weighted by atomic mass is 9.88. The summed E-state index contributed by atoms with van der Waals surface area (Å²) in [6.07, 6.45) is 3.13. The van der Waals surface area contributed by atoms with Crippen LogP contribution in [0.2, 0.25) is 0 Å². The highest BCUT2D eigenvalue weighted by atomic mass is 16.1. The number of benzene rings is 1. The minimum atomic E-state index is 0.260. The highest BCUT2D eigenvalue weighted by Crippen LogP contribution is 2.37. The highest BCUT2D eigenvalue weighted by molar-refractivity contribution is 5.96. The summed E-state index contributed by atoms with van der Waals surface area (Å²) in [4.78, 5) is 14.8. The molecule has 2 nitrogen and oxygen atoms in total. The van der Waals surface area contributed by atoms with Crippen LogP contribution in [0.15, 0.2) is 42.5 Å². The SMILES string of the molecule is C=C1CN2CCC[C@H]2[C@@H]1CC(=O)c1ccccc1. The van der Waals surface area contributed by atoms with Gasteiger partial charge in [0.05, 0.1) is 0 Å². The molecule has 0 saturated carbocycles. The molecule has 2 aliphatic heterocycles. The number of carbonyl (C=O) groups excluding carboxylic acids is 1. The van der Waals surface area contributed by atoms with E-state index in [1.807, 2.05) is 30.3 Å². The minimum Gasteiger partial charge on any atom is -0.296 e. The Hall–Kier alpha value is -1.41. The molecule has 2 atom stereocenters. The van der Waals surface area contributed by atoms with E-state index in [-0.39, 0.29) is 5.78 Å². The maximum Gasteiger partial charge on any atom is 0.163 e. The summed E-state index contributed by atoms with van der Waals surface area (Å²) in [5.74, 6) is 0.635. The van der Waals surface area contributed by atoms with Crippen LogP contribution in [0.3, 0.4) is 0 Å². The second kappa shape index (κ2) is 4.69. The molecule has 3 rings (SSSR count). The van der Waals surface area contributed by atoms with Gasteiger partial charge in [-0.1, -0.05) is 42.5 Å². The monoisotopic (exact) mass is 241 g/mol. The highest BCUT2D eigenvalue weighted by Gasteiger charge is 2.40. The van der Waals surface area contributed by atoms with Crippen molar-refractivity contribution in [3.8, 4) is 0 Å². The molecule has 1 aromatic carbocycles. The van der Waals surface area contributed by atoms with Crippen molar-refractivity contribution in [2.45, 2.75) is 25.3 Å². The van der Waals surface area contributed by atoms with Gasteiger partial charge in [-0.2, -0.15) is 0 Å². The van der Waals surface area contributed by atoms with Crippen LogP contribution in [0.5, 0.6) is 0 Å². The van der Waals surface area contributed by atoms with Crippen molar-refractivity contribution in [3.05, 3.63) is 48.0 Å². The lowest BCUT2D eigenvalue weighted by molar-refractivity contribution is 0.0958. The Bertz CT molecular complexity index is 465. The van der Waals surface area contributed by atoms with Gasteiger partial charge in [-0.3, -0.25) is 9.69 Å². The zero-order chi connectivity index (χ0) is 12.5. The first-order valence-electron chi connectivity index (χ1n) is 6.75. The summed E-state index contributed by atoms with van der Waals surface area (Å²) in [5.41, 5.74) is 2.09. The Labute approximate surface area is 108 Å². The van der Waals surface area contributed by atoms with Crippen LogP contribution in [-0.4, -0.2) is 29.8 Å².